The lowest BCUT2D eigenvalue weighted by atomic mass is 9.71. The quantitative estimate of drug-likeness (QED) is 0.556. The summed E-state index contributed by atoms with van der Waals surface area (Å²) in [6, 6.07) is 9.32. The molecule has 0 aromatic heterocycles. The Morgan fingerprint density at radius 1 is 0.885 bits per heavy atom. The highest BCUT2D eigenvalue weighted by atomic mass is 14.7. The minimum Gasteiger partial charge on any atom is -0.0801 e. The van der Waals surface area contributed by atoms with Crippen LogP contribution in [-0.4, -0.2) is 0 Å². The van der Waals surface area contributed by atoms with Crippen LogP contribution in [0.15, 0.2) is 95.7 Å². The summed E-state index contributed by atoms with van der Waals surface area (Å²) in [6.07, 6.45) is 24.3. The van der Waals surface area contributed by atoms with Gasteiger partial charge in [-0.25, -0.2) is 0 Å². The van der Waals surface area contributed by atoms with E-state index in [9.17, 15) is 0 Å². The molecule has 0 saturated heterocycles. The molecular weight excluding hydrogens is 312 g/mol. The minimum atomic E-state index is 0.136. The van der Waals surface area contributed by atoms with Gasteiger partial charge in [0.15, 0.2) is 0 Å². The molecule has 0 heteroatoms. The molecule has 1 aromatic rings. The average Bonchev–Trinajstić information content (AvgIpc) is 3.41. The fraction of sp³-hybridized carbons (Fsp3) is 0.308. The van der Waals surface area contributed by atoms with E-state index in [-0.39, 0.29) is 10.8 Å². The van der Waals surface area contributed by atoms with Crippen molar-refractivity contribution in [1.82, 2.24) is 0 Å². The normalized spacial score (nSPS) is 29.7. The summed E-state index contributed by atoms with van der Waals surface area (Å²) in [6.45, 7) is 6.22. The van der Waals surface area contributed by atoms with Gasteiger partial charge in [-0.05, 0) is 47.1 Å². The number of allylic oxidation sites excluding steroid dienone is 12. The molecule has 0 bridgehead atoms. The smallest absolute Gasteiger partial charge is 0.0285 e. The minimum absolute atomic E-state index is 0.136. The fourth-order valence-electron chi connectivity index (χ4n) is 4.82. The molecule has 1 saturated carbocycles. The topological polar surface area (TPSA) is 0 Å². The van der Waals surface area contributed by atoms with E-state index in [1.165, 1.54) is 34.3 Å². The monoisotopic (exact) mass is 340 g/mol. The van der Waals surface area contributed by atoms with Gasteiger partial charge < -0.3 is 0 Å². The molecule has 1 aromatic carbocycles. The number of aryl methyl sites for hydroxylation is 1. The third kappa shape index (κ3) is 2.28. The van der Waals surface area contributed by atoms with Gasteiger partial charge >= 0.3 is 0 Å². The van der Waals surface area contributed by atoms with Gasteiger partial charge in [-0.2, -0.15) is 0 Å². The zero-order valence-electron chi connectivity index (χ0n) is 16.1. The highest BCUT2D eigenvalue weighted by Crippen LogP contribution is 2.74. The van der Waals surface area contributed by atoms with E-state index < -0.39 is 0 Å². The van der Waals surface area contributed by atoms with Crippen molar-refractivity contribution in [2.24, 2.45) is 5.41 Å². The molecule has 5 rings (SSSR count). The zero-order chi connectivity index (χ0) is 18.2. The maximum atomic E-state index is 2.54. The van der Waals surface area contributed by atoms with Gasteiger partial charge in [0, 0.05) is 10.8 Å². The summed E-state index contributed by atoms with van der Waals surface area (Å²) in [5, 5.41) is 0. The molecular formula is C26H28. The molecule has 2 unspecified atom stereocenters. The van der Waals surface area contributed by atoms with Crippen LogP contribution >= 0.6 is 0 Å². The molecule has 4 aliphatic rings. The lowest BCUT2D eigenvalue weighted by molar-refractivity contribution is 0.657. The first-order valence-electron chi connectivity index (χ1n) is 10.1. The van der Waals surface area contributed by atoms with Gasteiger partial charge in [-0.3, -0.25) is 0 Å². The van der Waals surface area contributed by atoms with Gasteiger partial charge in [0.25, 0.3) is 0 Å². The van der Waals surface area contributed by atoms with Crippen molar-refractivity contribution in [2.75, 3.05) is 0 Å². The Balaban J connectivity index is 0.000000814. The van der Waals surface area contributed by atoms with E-state index in [4.69, 9.17) is 0 Å². The van der Waals surface area contributed by atoms with E-state index >= 15 is 0 Å². The van der Waals surface area contributed by atoms with E-state index in [1.807, 2.05) is 13.8 Å². The Kier molecular flexibility index (Phi) is 4.23. The third-order valence-electron chi connectivity index (χ3n) is 6.20. The zero-order valence-corrected chi connectivity index (χ0v) is 16.1. The van der Waals surface area contributed by atoms with Crippen LogP contribution in [0.25, 0.3) is 0 Å². The first-order chi connectivity index (χ1) is 12.8. The number of hydrogen-bond acceptors (Lipinski definition) is 0. The van der Waals surface area contributed by atoms with Crippen LogP contribution in [0.1, 0.15) is 44.7 Å². The second-order valence-corrected chi connectivity index (χ2v) is 7.36. The average molecular weight is 341 g/mol. The Bertz CT molecular complexity index is 882. The van der Waals surface area contributed by atoms with Crippen LogP contribution in [0.3, 0.4) is 0 Å². The second kappa shape index (κ2) is 6.43. The summed E-state index contributed by atoms with van der Waals surface area (Å²) in [5.74, 6) is 0. The van der Waals surface area contributed by atoms with Crippen molar-refractivity contribution < 1.29 is 0 Å². The SMILES string of the molecule is CC.CCc1ccc(C23C=C4C=CCC=CC4=C4C=CC=CC42C3)cc1. The summed E-state index contributed by atoms with van der Waals surface area (Å²) in [4.78, 5) is 0. The number of fused-ring (bicyclic) bond motifs is 1. The molecule has 0 amide bonds. The maximum absolute atomic E-state index is 2.54. The highest BCUT2D eigenvalue weighted by Gasteiger charge is 2.68. The van der Waals surface area contributed by atoms with E-state index in [0.717, 1.165) is 12.8 Å². The summed E-state index contributed by atoms with van der Waals surface area (Å²) >= 11 is 0. The van der Waals surface area contributed by atoms with E-state index in [2.05, 4.69) is 85.9 Å². The number of rotatable bonds is 2. The van der Waals surface area contributed by atoms with Crippen molar-refractivity contribution in [3.05, 3.63) is 107 Å². The molecule has 4 aliphatic carbocycles. The first kappa shape index (κ1) is 17.1. The van der Waals surface area contributed by atoms with Crippen LogP contribution in [0.2, 0.25) is 0 Å². The van der Waals surface area contributed by atoms with Gasteiger partial charge in [-0.15, -0.1) is 0 Å². The molecule has 2 atom stereocenters. The summed E-state index contributed by atoms with van der Waals surface area (Å²) < 4.78 is 0. The molecule has 1 spiro atoms. The highest BCUT2D eigenvalue weighted by molar-refractivity contribution is 5.70. The molecule has 26 heavy (non-hydrogen) atoms. The van der Waals surface area contributed by atoms with Crippen molar-refractivity contribution >= 4 is 0 Å². The molecule has 1 fully saturated rings. The van der Waals surface area contributed by atoms with Gasteiger partial charge in [0.05, 0.1) is 0 Å². The Hall–Kier alpha value is -2.34. The Morgan fingerprint density at radius 3 is 2.42 bits per heavy atom. The van der Waals surface area contributed by atoms with Crippen molar-refractivity contribution in [1.29, 1.82) is 0 Å². The Labute approximate surface area is 158 Å². The van der Waals surface area contributed by atoms with Crippen LogP contribution in [0.4, 0.5) is 0 Å². The predicted molar refractivity (Wildman–Crippen MR) is 112 cm³/mol. The summed E-state index contributed by atoms with van der Waals surface area (Å²) in [5.41, 5.74) is 7.50. The standard InChI is InChI=1S/C24H22.C2H6/c1-2-18-11-13-20(14-12-18)24-16-19-8-4-3-5-9-21(19)22-10-6-7-15-23(22,24)17-24;1-2/h4-16H,2-3,17H2,1H3;1-2H3. The van der Waals surface area contributed by atoms with Crippen molar-refractivity contribution in [3.63, 3.8) is 0 Å². The van der Waals surface area contributed by atoms with Crippen molar-refractivity contribution in [3.8, 4) is 0 Å². The lowest BCUT2D eigenvalue weighted by Gasteiger charge is -2.31. The van der Waals surface area contributed by atoms with E-state index in [0.29, 0.717) is 0 Å². The molecule has 132 valence electrons. The number of hydrogen-bond donors (Lipinski definition) is 0. The fourth-order valence-corrected chi connectivity index (χ4v) is 4.82. The second-order valence-electron chi connectivity index (χ2n) is 7.36. The maximum Gasteiger partial charge on any atom is 0.0285 e. The first-order valence-corrected chi connectivity index (χ1v) is 10.1. The number of benzene rings is 1. The molecule has 0 radical (unpaired) electrons. The van der Waals surface area contributed by atoms with Crippen LogP contribution < -0.4 is 0 Å². The van der Waals surface area contributed by atoms with E-state index in [1.54, 1.807) is 0 Å². The van der Waals surface area contributed by atoms with Crippen LogP contribution in [0, 0.1) is 5.41 Å². The largest absolute Gasteiger partial charge is 0.0801 e. The molecule has 0 heterocycles. The summed E-state index contributed by atoms with van der Waals surface area (Å²) in [7, 11) is 0. The van der Waals surface area contributed by atoms with Gasteiger partial charge in [0.1, 0.15) is 0 Å². The predicted octanol–water partition coefficient (Wildman–Crippen LogP) is 6.78. The third-order valence-corrected chi connectivity index (χ3v) is 6.20. The molecule has 0 aliphatic heterocycles. The van der Waals surface area contributed by atoms with Crippen LogP contribution in [-0.2, 0) is 11.8 Å². The molecule has 0 N–H and O–H groups in total. The lowest BCUT2D eigenvalue weighted by Crippen LogP contribution is -2.23. The van der Waals surface area contributed by atoms with Gasteiger partial charge in [0.2, 0.25) is 0 Å². The van der Waals surface area contributed by atoms with Crippen molar-refractivity contribution in [2.45, 2.75) is 45.4 Å². The Morgan fingerprint density at radius 2 is 1.65 bits per heavy atom. The molecule has 0 nitrogen and oxygen atoms in total. The van der Waals surface area contributed by atoms with Gasteiger partial charge in [-0.1, -0.05) is 99.7 Å². The van der Waals surface area contributed by atoms with Crippen LogP contribution in [0.5, 0.6) is 0 Å².